The second kappa shape index (κ2) is 11.9. The van der Waals surface area contributed by atoms with E-state index in [1.807, 2.05) is 24.3 Å². The Hall–Kier alpha value is -4.26. The van der Waals surface area contributed by atoms with Gasteiger partial charge in [-0.05, 0) is 29.8 Å². The lowest BCUT2D eigenvalue weighted by atomic mass is 10.1. The van der Waals surface area contributed by atoms with Gasteiger partial charge in [-0.1, -0.05) is 18.2 Å². The van der Waals surface area contributed by atoms with Crippen molar-refractivity contribution < 1.29 is 47.2 Å². The minimum atomic E-state index is -5.08. The van der Waals surface area contributed by atoms with Crippen molar-refractivity contribution in [3.8, 4) is 28.4 Å². The molecule has 10 nitrogen and oxygen atoms in total. The first kappa shape index (κ1) is 26.3. The lowest BCUT2D eigenvalue weighted by molar-refractivity contribution is -0.192. The molecule has 1 unspecified atom stereocenters. The van der Waals surface area contributed by atoms with Crippen molar-refractivity contribution in [1.29, 1.82) is 0 Å². The maximum atomic E-state index is 12.7. The van der Waals surface area contributed by atoms with Crippen LogP contribution in [0.5, 0.6) is 17.2 Å². The first-order chi connectivity index (χ1) is 17.2. The number of hydrogen-bond donors (Lipinski definition) is 4. The van der Waals surface area contributed by atoms with Crippen molar-refractivity contribution >= 4 is 17.6 Å². The molecule has 36 heavy (non-hydrogen) atoms. The highest BCUT2D eigenvalue weighted by Crippen LogP contribution is 2.33. The number of H-pyrrole nitrogens is 1. The number of carboxylic acids is 1. The van der Waals surface area contributed by atoms with Crippen molar-refractivity contribution in [2.24, 2.45) is 0 Å². The number of nitrogens with one attached hydrogen (secondary N) is 2. The van der Waals surface area contributed by atoms with Gasteiger partial charge in [-0.25, -0.2) is 4.79 Å². The number of aliphatic hydroxyl groups is 1. The molecule has 3 aromatic rings. The van der Waals surface area contributed by atoms with E-state index in [0.29, 0.717) is 36.0 Å². The number of fused-ring (bicyclic) bond motifs is 1. The van der Waals surface area contributed by atoms with Gasteiger partial charge in [0.2, 0.25) is 6.10 Å². The van der Waals surface area contributed by atoms with Crippen LogP contribution in [0.4, 0.5) is 18.9 Å². The van der Waals surface area contributed by atoms with Gasteiger partial charge >= 0.3 is 12.1 Å². The Kier molecular flexibility index (Phi) is 8.73. The van der Waals surface area contributed by atoms with E-state index in [2.05, 4.69) is 15.5 Å². The predicted molar refractivity (Wildman–Crippen MR) is 120 cm³/mol. The molecule has 1 amide bonds. The number of anilines is 1. The minimum absolute atomic E-state index is 0.0236. The van der Waals surface area contributed by atoms with Gasteiger partial charge in [0.15, 0.2) is 11.5 Å². The Bertz CT molecular complexity index is 1170. The van der Waals surface area contributed by atoms with Gasteiger partial charge in [0, 0.05) is 24.8 Å². The number of ether oxygens (including phenoxy) is 3. The van der Waals surface area contributed by atoms with Crippen LogP contribution in [0.1, 0.15) is 6.42 Å². The maximum Gasteiger partial charge on any atom is 0.490 e. The standard InChI is InChI=1S/C21H21N3O5.C2HF3O2/c25-8-3-9-27-19-10-14(15-11-22-23-12-15)6-7-16(19)24-21(26)20-13-28-17-4-1-2-5-18(17)29-20;3-2(4,5)1(6)7/h1-2,4-7,10-12,20,25H,3,8-9,13H2,(H,22,23)(H,24,26);(H,6,7). The number of nitrogens with zero attached hydrogens (tertiary/aromatic N) is 1. The van der Waals surface area contributed by atoms with E-state index >= 15 is 0 Å². The van der Waals surface area contributed by atoms with E-state index in [4.69, 9.17) is 29.2 Å². The zero-order valence-corrected chi connectivity index (χ0v) is 18.6. The molecule has 4 N–H and O–H groups in total. The molecule has 0 spiro atoms. The number of hydrogen-bond acceptors (Lipinski definition) is 7. The van der Waals surface area contributed by atoms with Crippen LogP contribution in [-0.2, 0) is 9.59 Å². The van der Waals surface area contributed by atoms with Crippen LogP contribution in [0.15, 0.2) is 54.9 Å². The maximum absolute atomic E-state index is 12.7. The second-order valence-corrected chi connectivity index (χ2v) is 7.28. The number of aliphatic carboxylic acids is 1. The van der Waals surface area contributed by atoms with Crippen LogP contribution in [0.2, 0.25) is 0 Å². The summed E-state index contributed by atoms with van der Waals surface area (Å²) in [5.74, 6) is -1.43. The van der Waals surface area contributed by atoms with Crippen LogP contribution in [0.3, 0.4) is 0 Å². The number of benzene rings is 2. The summed E-state index contributed by atoms with van der Waals surface area (Å²) in [5, 5.41) is 25.7. The second-order valence-electron chi connectivity index (χ2n) is 7.28. The summed E-state index contributed by atoms with van der Waals surface area (Å²) in [6.07, 6.45) is -1.89. The summed E-state index contributed by atoms with van der Waals surface area (Å²) in [6, 6.07) is 12.7. The summed E-state index contributed by atoms with van der Waals surface area (Å²) in [5.41, 5.74) is 2.31. The first-order valence-corrected chi connectivity index (χ1v) is 10.6. The van der Waals surface area contributed by atoms with Gasteiger partial charge in [-0.3, -0.25) is 9.89 Å². The molecule has 0 radical (unpaired) electrons. The van der Waals surface area contributed by atoms with Gasteiger partial charge in [-0.2, -0.15) is 18.3 Å². The van der Waals surface area contributed by atoms with Gasteiger partial charge < -0.3 is 29.7 Å². The fraction of sp³-hybridized carbons (Fsp3) is 0.261. The molecule has 13 heteroatoms. The van der Waals surface area contributed by atoms with Crippen LogP contribution in [0.25, 0.3) is 11.1 Å². The molecule has 1 aliphatic heterocycles. The lowest BCUT2D eigenvalue weighted by Gasteiger charge is -2.26. The molecule has 0 saturated carbocycles. The highest BCUT2D eigenvalue weighted by molar-refractivity contribution is 5.96. The largest absolute Gasteiger partial charge is 0.491 e. The summed E-state index contributed by atoms with van der Waals surface area (Å²) in [4.78, 5) is 21.6. The molecule has 192 valence electrons. The average Bonchev–Trinajstić information content (AvgIpc) is 3.39. The Morgan fingerprint density at radius 1 is 1.17 bits per heavy atom. The molecular formula is C23H22F3N3O7. The fourth-order valence-electron chi connectivity index (χ4n) is 2.94. The third-order valence-corrected chi connectivity index (χ3v) is 4.67. The number of aromatic amines is 1. The van der Waals surface area contributed by atoms with Crippen molar-refractivity contribution in [2.75, 3.05) is 25.1 Å². The monoisotopic (exact) mass is 509 g/mol. The Balaban J connectivity index is 0.000000454. The van der Waals surface area contributed by atoms with E-state index in [1.54, 1.807) is 30.6 Å². The summed E-state index contributed by atoms with van der Waals surface area (Å²) in [7, 11) is 0. The summed E-state index contributed by atoms with van der Waals surface area (Å²) in [6.45, 7) is 0.469. The van der Waals surface area contributed by atoms with Crippen LogP contribution in [-0.4, -0.2) is 64.4 Å². The number of carbonyl (C=O) groups excluding carboxylic acids is 1. The highest BCUT2D eigenvalue weighted by Gasteiger charge is 2.38. The number of carboxylic acid groups (broad SMARTS) is 1. The van der Waals surface area contributed by atoms with Crippen molar-refractivity contribution in [1.82, 2.24) is 10.2 Å². The van der Waals surface area contributed by atoms with Crippen molar-refractivity contribution in [3.05, 3.63) is 54.9 Å². The van der Waals surface area contributed by atoms with E-state index in [9.17, 15) is 18.0 Å². The Morgan fingerprint density at radius 2 is 1.89 bits per heavy atom. The molecule has 0 fully saturated rings. The quantitative estimate of drug-likeness (QED) is 0.356. The number of rotatable bonds is 7. The SMILES string of the molecule is O=C(Nc1ccc(-c2cn[nH]c2)cc1OCCCO)C1COc2ccccc2O1.O=C(O)C(F)(F)F. The number of aromatic nitrogens is 2. The van der Waals surface area contributed by atoms with E-state index in [-0.39, 0.29) is 19.1 Å². The average molecular weight is 509 g/mol. The first-order valence-electron chi connectivity index (χ1n) is 10.6. The number of para-hydroxylation sites is 2. The van der Waals surface area contributed by atoms with E-state index in [1.165, 1.54) is 0 Å². The molecular weight excluding hydrogens is 487 g/mol. The molecule has 2 heterocycles. The number of amides is 1. The molecule has 1 aliphatic rings. The van der Waals surface area contributed by atoms with E-state index < -0.39 is 18.2 Å². The van der Waals surface area contributed by atoms with E-state index in [0.717, 1.165) is 11.1 Å². The lowest BCUT2D eigenvalue weighted by Crippen LogP contribution is -2.40. The molecule has 1 aromatic heterocycles. The molecule has 4 rings (SSSR count). The third-order valence-electron chi connectivity index (χ3n) is 4.67. The van der Waals surface area contributed by atoms with Crippen molar-refractivity contribution in [3.63, 3.8) is 0 Å². The highest BCUT2D eigenvalue weighted by atomic mass is 19.4. The summed E-state index contributed by atoms with van der Waals surface area (Å²) >= 11 is 0. The Labute approximate surface area is 202 Å². The normalized spacial score (nSPS) is 14.3. The molecule has 2 aromatic carbocycles. The van der Waals surface area contributed by atoms with Gasteiger partial charge in [-0.15, -0.1) is 0 Å². The third kappa shape index (κ3) is 7.12. The van der Waals surface area contributed by atoms with Gasteiger partial charge in [0.1, 0.15) is 12.4 Å². The van der Waals surface area contributed by atoms with Crippen LogP contribution < -0.4 is 19.5 Å². The zero-order chi connectivity index (χ0) is 26.1. The number of halogens is 3. The number of aliphatic hydroxyl groups excluding tert-OH is 1. The molecule has 0 aliphatic carbocycles. The predicted octanol–water partition coefficient (Wildman–Crippen LogP) is 3.25. The van der Waals surface area contributed by atoms with Crippen LogP contribution in [0, 0.1) is 0 Å². The number of carbonyl (C=O) groups is 2. The topological polar surface area (TPSA) is 143 Å². The van der Waals surface area contributed by atoms with Crippen molar-refractivity contribution in [2.45, 2.75) is 18.7 Å². The Morgan fingerprint density at radius 3 is 2.53 bits per heavy atom. The molecule has 0 bridgehead atoms. The molecule has 1 atom stereocenters. The smallest absolute Gasteiger partial charge is 0.490 e. The molecule has 0 saturated heterocycles. The van der Waals surface area contributed by atoms with Crippen LogP contribution >= 0.6 is 0 Å². The summed E-state index contributed by atoms with van der Waals surface area (Å²) < 4.78 is 48.9. The van der Waals surface area contributed by atoms with Gasteiger partial charge in [0.25, 0.3) is 5.91 Å². The van der Waals surface area contributed by atoms with Gasteiger partial charge in [0.05, 0.1) is 18.5 Å². The fourth-order valence-corrected chi connectivity index (χ4v) is 2.94. The zero-order valence-electron chi connectivity index (χ0n) is 18.6. The number of alkyl halides is 3. The minimum Gasteiger partial charge on any atom is -0.491 e.